The second-order valence-electron chi connectivity index (χ2n) is 12.1. The van der Waals surface area contributed by atoms with E-state index in [0.29, 0.717) is 0 Å². The number of pyridine rings is 2. The van der Waals surface area contributed by atoms with Crippen molar-refractivity contribution in [3.8, 4) is 33.6 Å². The third-order valence-electron chi connectivity index (χ3n) is 8.95. The van der Waals surface area contributed by atoms with Gasteiger partial charge in [0.2, 0.25) is 0 Å². The van der Waals surface area contributed by atoms with Crippen molar-refractivity contribution < 1.29 is 20.1 Å². The van der Waals surface area contributed by atoms with Gasteiger partial charge in [0.15, 0.2) is 0 Å². The van der Waals surface area contributed by atoms with Gasteiger partial charge in [-0.25, -0.2) is 0 Å². The van der Waals surface area contributed by atoms with Crippen LogP contribution in [0.4, 0.5) is 0 Å². The van der Waals surface area contributed by atoms with Gasteiger partial charge in [-0.3, -0.25) is 0 Å². The third kappa shape index (κ3) is 5.71. The van der Waals surface area contributed by atoms with Crippen LogP contribution in [-0.4, -0.2) is 9.97 Å². The first-order valence-electron chi connectivity index (χ1n) is 14.0. The van der Waals surface area contributed by atoms with Crippen LogP contribution in [0.3, 0.4) is 0 Å². The number of aromatic nitrogens is 2. The molecule has 3 aromatic carbocycles. The molecular formula is C38H38IrN2-2. The quantitative estimate of drug-likeness (QED) is 0.170. The predicted molar refractivity (Wildman–Crippen MR) is 167 cm³/mol. The number of hydrogen-bond acceptors (Lipinski definition) is 2. The van der Waals surface area contributed by atoms with Gasteiger partial charge >= 0.3 is 0 Å². The van der Waals surface area contributed by atoms with Crippen LogP contribution in [0.1, 0.15) is 61.1 Å². The van der Waals surface area contributed by atoms with Crippen LogP contribution in [0.15, 0.2) is 85.2 Å². The van der Waals surface area contributed by atoms with E-state index in [-0.39, 0.29) is 30.9 Å². The Kier molecular flexibility index (Phi) is 8.83. The number of benzene rings is 3. The zero-order chi connectivity index (χ0) is 28.7. The molecule has 5 aromatic rings. The molecule has 0 aliphatic heterocycles. The van der Waals surface area contributed by atoms with Crippen LogP contribution < -0.4 is 0 Å². The fraction of sp³-hybridized carbons (Fsp3) is 0.263. The fourth-order valence-electron chi connectivity index (χ4n) is 5.54. The Morgan fingerprint density at radius 1 is 0.634 bits per heavy atom. The SMILES string of the molecule is Cc1ccc2c(c1)C(C)(C)C(C)(C)c1c[c-]c(-c3cc(C)c(C)cn3)cc1-2.Cc1cccnc1-c1[c-]cccc1.[Ir]. The summed E-state index contributed by atoms with van der Waals surface area (Å²) >= 11 is 0. The van der Waals surface area contributed by atoms with Crippen LogP contribution in [0, 0.1) is 39.8 Å². The van der Waals surface area contributed by atoms with Crippen LogP contribution in [-0.2, 0) is 30.9 Å². The Morgan fingerprint density at radius 2 is 1.39 bits per heavy atom. The number of hydrogen-bond donors (Lipinski definition) is 0. The summed E-state index contributed by atoms with van der Waals surface area (Å²) < 4.78 is 0. The summed E-state index contributed by atoms with van der Waals surface area (Å²) in [6.45, 7) is 17.9. The summed E-state index contributed by atoms with van der Waals surface area (Å²) in [7, 11) is 0. The van der Waals surface area contributed by atoms with E-state index in [1.807, 2.05) is 42.7 Å². The smallest absolute Gasteiger partial charge is 0.0192 e. The van der Waals surface area contributed by atoms with Crippen molar-refractivity contribution in [3.63, 3.8) is 0 Å². The molecule has 0 saturated carbocycles. The van der Waals surface area contributed by atoms with Gasteiger partial charge in [-0.15, -0.1) is 65.2 Å². The van der Waals surface area contributed by atoms with Crippen molar-refractivity contribution in [2.75, 3.05) is 0 Å². The molecule has 0 bridgehead atoms. The van der Waals surface area contributed by atoms with Gasteiger partial charge in [0.25, 0.3) is 0 Å². The predicted octanol–water partition coefficient (Wildman–Crippen LogP) is 9.56. The van der Waals surface area contributed by atoms with Crippen molar-refractivity contribution in [3.05, 3.63) is 131 Å². The van der Waals surface area contributed by atoms with Gasteiger partial charge in [0, 0.05) is 32.5 Å². The molecule has 211 valence electrons. The van der Waals surface area contributed by atoms with Crippen LogP contribution in [0.2, 0.25) is 0 Å². The molecule has 0 saturated heterocycles. The topological polar surface area (TPSA) is 25.8 Å². The maximum Gasteiger partial charge on any atom is 0.0192 e. The first-order valence-corrected chi connectivity index (χ1v) is 14.0. The largest absolute Gasteiger partial charge is 0.304 e. The average Bonchev–Trinajstić information content (AvgIpc) is 2.94. The van der Waals surface area contributed by atoms with Gasteiger partial charge in [0.05, 0.1) is 0 Å². The van der Waals surface area contributed by atoms with E-state index in [1.165, 1.54) is 44.5 Å². The minimum atomic E-state index is 0. The van der Waals surface area contributed by atoms with Crippen molar-refractivity contribution >= 4 is 0 Å². The molecule has 0 spiro atoms. The van der Waals surface area contributed by atoms with Crippen molar-refractivity contribution in [1.29, 1.82) is 0 Å². The summed E-state index contributed by atoms with van der Waals surface area (Å²) in [5, 5.41) is 0. The van der Waals surface area contributed by atoms with Crippen LogP contribution in [0.5, 0.6) is 0 Å². The molecule has 2 aromatic heterocycles. The molecule has 0 unspecified atom stereocenters. The zero-order valence-electron chi connectivity index (χ0n) is 25.3. The van der Waals surface area contributed by atoms with E-state index in [4.69, 9.17) is 0 Å². The molecule has 0 atom stereocenters. The second-order valence-corrected chi connectivity index (χ2v) is 12.1. The summed E-state index contributed by atoms with van der Waals surface area (Å²) in [5.74, 6) is 0. The van der Waals surface area contributed by atoms with E-state index in [9.17, 15) is 0 Å². The summed E-state index contributed by atoms with van der Waals surface area (Å²) in [6, 6.07) is 32.1. The molecule has 6 rings (SSSR count). The third-order valence-corrected chi connectivity index (χ3v) is 8.95. The van der Waals surface area contributed by atoms with Crippen molar-refractivity contribution in [2.24, 2.45) is 0 Å². The molecule has 1 aliphatic carbocycles. The van der Waals surface area contributed by atoms with Crippen LogP contribution in [0.25, 0.3) is 33.6 Å². The van der Waals surface area contributed by atoms with E-state index in [0.717, 1.165) is 22.5 Å². The maximum atomic E-state index is 4.66. The minimum Gasteiger partial charge on any atom is -0.304 e. The van der Waals surface area contributed by atoms with E-state index in [2.05, 4.69) is 120 Å². The van der Waals surface area contributed by atoms with E-state index >= 15 is 0 Å². The summed E-state index contributed by atoms with van der Waals surface area (Å²) in [5.41, 5.74) is 14.7. The monoisotopic (exact) mass is 715 g/mol. The molecular weight excluding hydrogens is 677 g/mol. The molecule has 2 heterocycles. The molecule has 41 heavy (non-hydrogen) atoms. The first-order chi connectivity index (χ1) is 19.0. The van der Waals surface area contributed by atoms with Crippen LogP contribution >= 0.6 is 0 Å². The Morgan fingerprint density at radius 3 is 2.07 bits per heavy atom. The standard InChI is InChI=1S/C26H28N.C12H10N.Ir/c1-16-8-10-20-21-14-19(24-13-17(2)18(3)15-27-24)9-11-22(21)25(4,5)26(6,7)23(20)12-16;1-10-6-5-9-13-12(10)11-7-3-2-4-8-11;/h8,10-15H,1-7H3;2-7,9H,1H3;/q2*-1;. The zero-order valence-corrected chi connectivity index (χ0v) is 27.7. The van der Waals surface area contributed by atoms with Gasteiger partial charge in [-0.05, 0) is 72.7 Å². The second kappa shape index (κ2) is 11.8. The normalized spacial score (nSPS) is 14.0. The van der Waals surface area contributed by atoms with E-state index < -0.39 is 0 Å². The summed E-state index contributed by atoms with van der Waals surface area (Å²) in [6.07, 6.45) is 3.77. The molecule has 0 N–H and O–H groups in total. The molecule has 0 fully saturated rings. The number of aryl methyl sites for hydroxylation is 4. The van der Waals surface area contributed by atoms with Gasteiger partial charge in [-0.2, -0.15) is 0 Å². The number of fused-ring (bicyclic) bond motifs is 3. The minimum absolute atomic E-state index is 0. The van der Waals surface area contributed by atoms with Gasteiger partial charge < -0.3 is 9.97 Å². The maximum absolute atomic E-state index is 4.66. The molecule has 0 amide bonds. The van der Waals surface area contributed by atoms with Gasteiger partial charge in [0.1, 0.15) is 0 Å². The van der Waals surface area contributed by atoms with Gasteiger partial charge in [-0.1, -0.05) is 80.3 Å². The van der Waals surface area contributed by atoms with E-state index in [1.54, 1.807) is 0 Å². The summed E-state index contributed by atoms with van der Waals surface area (Å²) in [4.78, 5) is 8.98. The Bertz CT molecular complexity index is 1680. The molecule has 3 heteroatoms. The number of rotatable bonds is 2. The molecule has 1 radical (unpaired) electrons. The Balaban J connectivity index is 0.000000233. The number of nitrogens with zero attached hydrogens (tertiary/aromatic N) is 2. The fourth-order valence-corrected chi connectivity index (χ4v) is 5.54. The Hall–Kier alpha value is -3.39. The molecule has 2 nitrogen and oxygen atoms in total. The Labute approximate surface area is 259 Å². The van der Waals surface area contributed by atoms with Crippen molar-refractivity contribution in [2.45, 2.75) is 66.2 Å². The van der Waals surface area contributed by atoms with Crippen molar-refractivity contribution in [1.82, 2.24) is 9.97 Å². The first kappa shape index (κ1) is 30.6. The molecule has 1 aliphatic rings. The average molecular weight is 715 g/mol.